The van der Waals surface area contributed by atoms with Crippen molar-refractivity contribution in [3.05, 3.63) is 11.3 Å². The number of carboxylic acids is 1. The second kappa shape index (κ2) is 7.71. The molecule has 3 N–H and O–H groups in total. The van der Waals surface area contributed by atoms with Gasteiger partial charge in [-0.3, -0.25) is 14.5 Å². The summed E-state index contributed by atoms with van der Waals surface area (Å²) in [4.78, 5) is 37.3. The Morgan fingerprint density at radius 1 is 1.50 bits per heavy atom. The Morgan fingerprint density at radius 2 is 2.21 bits per heavy atom. The molecule has 2 unspecified atom stereocenters. The third kappa shape index (κ3) is 4.15. The zero-order valence-electron chi connectivity index (χ0n) is 14.6. The quantitative estimate of drug-likeness (QED) is 0.326. The van der Waals surface area contributed by atoms with Gasteiger partial charge in [0.05, 0.1) is 0 Å². The SMILES string of the molecule is CC(Sc1nnn[nH]1)C1=C(C(=O)O)N2C(=O)C(NC(=O)CS(C)(=O)=O)[C@@H]2SC1. The highest BCUT2D eigenvalue weighted by Crippen LogP contribution is 2.43. The number of aromatic amines is 1. The van der Waals surface area contributed by atoms with E-state index in [0.717, 1.165) is 11.2 Å². The minimum absolute atomic E-state index is 0.130. The number of aliphatic carboxylic acids is 1. The van der Waals surface area contributed by atoms with Gasteiger partial charge in [0.2, 0.25) is 11.1 Å². The number of nitrogens with one attached hydrogen (secondary N) is 2. The number of hydrogen-bond donors (Lipinski definition) is 3. The molecule has 2 amide bonds. The van der Waals surface area contributed by atoms with Crippen LogP contribution in [-0.4, -0.2) is 91.3 Å². The maximum Gasteiger partial charge on any atom is 0.352 e. The maximum absolute atomic E-state index is 12.5. The van der Waals surface area contributed by atoms with Gasteiger partial charge >= 0.3 is 5.97 Å². The second-order valence-electron chi connectivity index (χ2n) is 6.17. The summed E-state index contributed by atoms with van der Waals surface area (Å²) in [6.45, 7) is 1.78. The molecule has 15 heteroatoms. The Labute approximate surface area is 167 Å². The largest absolute Gasteiger partial charge is 0.477 e. The molecule has 1 aromatic heterocycles. The van der Waals surface area contributed by atoms with E-state index in [0.29, 0.717) is 16.5 Å². The second-order valence-corrected chi connectivity index (χ2v) is 10.7. The minimum atomic E-state index is -3.54. The van der Waals surface area contributed by atoms with Crippen molar-refractivity contribution in [3.8, 4) is 0 Å². The molecule has 0 spiro atoms. The molecule has 28 heavy (non-hydrogen) atoms. The molecular weight excluding hydrogens is 432 g/mol. The summed E-state index contributed by atoms with van der Waals surface area (Å²) in [5.74, 6) is -3.05. The number of carboxylic acid groups (broad SMARTS) is 1. The fourth-order valence-electron chi connectivity index (χ4n) is 2.85. The number of H-pyrrole nitrogens is 1. The lowest BCUT2D eigenvalue weighted by molar-refractivity contribution is -0.150. The first-order valence-corrected chi connectivity index (χ1v) is 11.9. The van der Waals surface area contributed by atoms with Gasteiger partial charge in [-0.25, -0.2) is 18.3 Å². The highest BCUT2D eigenvalue weighted by Gasteiger charge is 2.54. The molecule has 1 fully saturated rings. The summed E-state index contributed by atoms with van der Waals surface area (Å²) in [6, 6.07) is -0.961. The van der Waals surface area contributed by atoms with E-state index in [9.17, 15) is 27.9 Å². The van der Waals surface area contributed by atoms with Crippen molar-refractivity contribution in [2.45, 2.75) is 28.7 Å². The first kappa shape index (κ1) is 20.6. The molecular formula is C13H16N6O6S3. The number of thioether (sulfide) groups is 2. The van der Waals surface area contributed by atoms with Crippen LogP contribution in [0.5, 0.6) is 0 Å². The standard InChI is InChI=1S/C13H16N6O6S3/c1-5(27-13-15-17-18-16-13)6-3-26-11-8(14-7(20)4-28(2,24)25)10(21)19(11)9(6)12(22)23/h5,8,11H,3-4H2,1-2H3,(H,14,20)(H,22,23)(H,15,16,17,18)/t5?,8?,11-/m0/s1. The molecule has 0 aliphatic carbocycles. The fraction of sp³-hybridized carbons (Fsp3) is 0.538. The summed E-state index contributed by atoms with van der Waals surface area (Å²) in [5, 5.41) is 24.8. The zero-order valence-corrected chi connectivity index (χ0v) is 17.1. The molecule has 2 aliphatic rings. The number of β-lactam (4-membered cyclic amide) rings is 1. The van der Waals surface area contributed by atoms with Crippen LogP contribution in [0.15, 0.2) is 16.4 Å². The predicted molar refractivity (Wildman–Crippen MR) is 98.9 cm³/mol. The van der Waals surface area contributed by atoms with Crippen LogP contribution in [-0.2, 0) is 24.2 Å². The van der Waals surface area contributed by atoms with Gasteiger partial charge in [0.1, 0.15) is 22.9 Å². The highest BCUT2D eigenvalue weighted by atomic mass is 32.2. The van der Waals surface area contributed by atoms with Crippen LogP contribution < -0.4 is 5.32 Å². The average molecular weight is 449 g/mol. The monoisotopic (exact) mass is 448 g/mol. The van der Waals surface area contributed by atoms with Gasteiger partial charge in [0.15, 0.2) is 9.84 Å². The Kier molecular flexibility index (Phi) is 5.67. The van der Waals surface area contributed by atoms with Crippen LogP contribution in [0.2, 0.25) is 0 Å². The van der Waals surface area contributed by atoms with E-state index >= 15 is 0 Å². The van der Waals surface area contributed by atoms with Gasteiger partial charge in [0, 0.05) is 17.3 Å². The number of tetrazole rings is 1. The van der Waals surface area contributed by atoms with E-state index in [1.165, 1.54) is 23.5 Å². The number of nitrogens with zero attached hydrogens (tertiary/aromatic N) is 4. The number of aromatic nitrogens is 4. The molecule has 1 saturated heterocycles. The summed E-state index contributed by atoms with van der Waals surface area (Å²) < 4.78 is 22.4. The molecule has 2 aliphatic heterocycles. The Balaban J connectivity index is 1.78. The minimum Gasteiger partial charge on any atom is -0.477 e. The van der Waals surface area contributed by atoms with Gasteiger partial charge in [-0.1, -0.05) is 11.8 Å². The lowest BCUT2D eigenvalue weighted by Crippen LogP contribution is -2.71. The smallest absolute Gasteiger partial charge is 0.352 e. The third-order valence-corrected chi connectivity index (χ3v) is 7.14. The van der Waals surface area contributed by atoms with Crippen molar-refractivity contribution in [3.63, 3.8) is 0 Å². The van der Waals surface area contributed by atoms with Gasteiger partial charge in [-0.2, -0.15) is 0 Å². The lowest BCUT2D eigenvalue weighted by atomic mass is 10.0. The van der Waals surface area contributed by atoms with Crippen LogP contribution in [0.3, 0.4) is 0 Å². The van der Waals surface area contributed by atoms with Crippen molar-refractivity contribution >= 4 is 51.1 Å². The van der Waals surface area contributed by atoms with Gasteiger partial charge in [0.25, 0.3) is 5.91 Å². The number of rotatable bonds is 7. The number of sulfone groups is 1. The molecule has 12 nitrogen and oxygen atoms in total. The molecule has 3 atom stereocenters. The summed E-state index contributed by atoms with van der Waals surface area (Å²) in [7, 11) is -3.54. The van der Waals surface area contributed by atoms with Crippen LogP contribution in [0, 0.1) is 0 Å². The van der Waals surface area contributed by atoms with E-state index in [4.69, 9.17) is 0 Å². The normalized spacial score (nSPS) is 23.1. The van der Waals surface area contributed by atoms with Crippen molar-refractivity contribution in [2.75, 3.05) is 17.8 Å². The summed E-state index contributed by atoms with van der Waals surface area (Å²) in [5.41, 5.74) is 0.402. The van der Waals surface area contributed by atoms with Crippen LogP contribution in [0.4, 0.5) is 0 Å². The maximum atomic E-state index is 12.5. The Bertz CT molecular complexity index is 946. The first-order valence-electron chi connectivity index (χ1n) is 7.87. The first-order chi connectivity index (χ1) is 13.1. The van der Waals surface area contributed by atoms with E-state index in [1.807, 2.05) is 0 Å². The predicted octanol–water partition coefficient (Wildman–Crippen LogP) is -1.54. The van der Waals surface area contributed by atoms with E-state index < -0.39 is 44.8 Å². The Hall–Kier alpha value is -2.13. The topological polar surface area (TPSA) is 175 Å². The molecule has 3 heterocycles. The number of carbonyl (C=O) groups is 3. The third-order valence-electron chi connectivity index (χ3n) is 4.02. The summed E-state index contributed by atoms with van der Waals surface area (Å²) >= 11 is 2.52. The molecule has 1 aromatic rings. The van der Waals surface area contributed by atoms with Crippen LogP contribution in [0.25, 0.3) is 0 Å². The molecule has 3 rings (SSSR count). The van der Waals surface area contributed by atoms with E-state index in [2.05, 4.69) is 25.9 Å². The highest BCUT2D eigenvalue weighted by molar-refractivity contribution is 8.01. The molecule has 152 valence electrons. The Morgan fingerprint density at radius 3 is 2.79 bits per heavy atom. The fourth-order valence-corrected chi connectivity index (χ4v) is 5.83. The number of fused-ring (bicyclic) bond motifs is 1. The average Bonchev–Trinajstić information content (AvgIpc) is 3.09. The van der Waals surface area contributed by atoms with Crippen molar-refractivity contribution in [2.24, 2.45) is 0 Å². The number of carbonyl (C=O) groups excluding carboxylic acids is 2. The van der Waals surface area contributed by atoms with E-state index in [1.54, 1.807) is 6.92 Å². The number of amides is 2. The van der Waals surface area contributed by atoms with Crippen LogP contribution >= 0.6 is 23.5 Å². The number of hydrogen-bond acceptors (Lipinski definition) is 10. The van der Waals surface area contributed by atoms with Crippen molar-refractivity contribution < 1.29 is 27.9 Å². The molecule has 0 aromatic carbocycles. The lowest BCUT2D eigenvalue weighted by Gasteiger charge is -2.50. The van der Waals surface area contributed by atoms with Crippen LogP contribution in [0.1, 0.15) is 6.92 Å². The molecule has 0 radical (unpaired) electrons. The van der Waals surface area contributed by atoms with Gasteiger partial charge in [-0.15, -0.1) is 16.9 Å². The van der Waals surface area contributed by atoms with Gasteiger partial charge < -0.3 is 10.4 Å². The zero-order chi connectivity index (χ0) is 20.6. The van der Waals surface area contributed by atoms with Crippen molar-refractivity contribution in [1.29, 1.82) is 0 Å². The van der Waals surface area contributed by atoms with Gasteiger partial charge in [-0.05, 0) is 22.9 Å². The molecule has 0 saturated carbocycles. The summed E-state index contributed by atoms with van der Waals surface area (Å²) in [6.07, 6.45) is 0.914. The van der Waals surface area contributed by atoms with E-state index in [-0.39, 0.29) is 10.9 Å². The molecule has 0 bridgehead atoms. The van der Waals surface area contributed by atoms with Crippen molar-refractivity contribution in [1.82, 2.24) is 30.8 Å².